The van der Waals surface area contributed by atoms with Crippen molar-refractivity contribution in [2.75, 3.05) is 32.7 Å². The van der Waals surface area contributed by atoms with Crippen LogP contribution in [0.2, 0.25) is 0 Å². The molecule has 1 aromatic rings. The number of hydrogen-bond acceptors (Lipinski definition) is 5. The van der Waals surface area contributed by atoms with Crippen LogP contribution in [0, 0.1) is 0 Å². The Morgan fingerprint density at radius 1 is 1.24 bits per heavy atom. The van der Waals surface area contributed by atoms with Crippen molar-refractivity contribution in [3.05, 3.63) is 17.7 Å². The highest BCUT2D eigenvalue weighted by Gasteiger charge is 2.20. The van der Waals surface area contributed by atoms with Crippen LogP contribution in [-0.4, -0.2) is 26.9 Å². The van der Waals surface area contributed by atoms with E-state index in [1.54, 1.807) is 7.11 Å². The predicted molar refractivity (Wildman–Crippen MR) is 81.7 cm³/mol. The molecule has 1 aromatic carbocycles. The van der Waals surface area contributed by atoms with Crippen molar-refractivity contribution in [3.8, 4) is 11.5 Å². The number of anilines is 1. The molecule has 0 aromatic heterocycles. The van der Waals surface area contributed by atoms with Crippen LogP contribution < -0.4 is 15.2 Å². The third-order valence-corrected chi connectivity index (χ3v) is 3.42. The Bertz CT molecular complexity index is 444. The fourth-order valence-corrected chi connectivity index (χ4v) is 2.29. The summed E-state index contributed by atoms with van der Waals surface area (Å²) in [5, 5.41) is 0. The van der Waals surface area contributed by atoms with Gasteiger partial charge in [-0.15, -0.1) is 0 Å². The van der Waals surface area contributed by atoms with Gasteiger partial charge in [0.1, 0.15) is 0 Å². The first-order valence-electron chi connectivity index (χ1n) is 7.59. The molecule has 0 aliphatic carbocycles. The zero-order valence-electron chi connectivity index (χ0n) is 12.9. The second-order valence-electron chi connectivity index (χ2n) is 5.12. The molecule has 0 saturated carbocycles. The van der Waals surface area contributed by atoms with E-state index in [4.69, 9.17) is 24.7 Å². The lowest BCUT2D eigenvalue weighted by atomic mass is 10.1. The number of unbranched alkanes of at least 4 members (excludes halogenated alkanes) is 2. The van der Waals surface area contributed by atoms with Crippen LogP contribution >= 0.6 is 0 Å². The van der Waals surface area contributed by atoms with E-state index >= 15 is 0 Å². The van der Waals surface area contributed by atoms with Gasteiger partial charge >= 0.3 is 0 Å². The minimum atomic E-state index is -0.371. The first-order valence-corrected chi connectivity index (χ1v) is 7.59. The van der Waals surface area contributed by atoms with Crippen molar-refractivity contribution < 1.29 is 18.9 Å². The molecule has 1 heterocycles. The zero-order valence-corrected chi connectivity index (χ0v) is 12.9. The fourth-order valence-electron chi connectivity index (χ4n) is 2.29. The van der Waals surface area contributed by atoms with E-state index in [0.29, 0.717) is 37.0 Å². The van der Waals surface area contributed by atoms with E-state index in [1.165, 1.54) is 0 Å². The monoisotopic (exact) mass is 295 g/mol. The minimum Gasteiger partial charge on any atom is -0.493 e. The first kappa shape index (κ1) is 15.9. The average molecular weight is 295 g/mol. The third kappa shape index (κ3) is 4.25. The molecular weight excluding hydrogens is 270 g/mol. The number of hydrogen-bond donors (Lipinski definition) is 1. The molecule has 1 aliphatic heterocycles. The van der Waals surface area contributed by atoms with Crippen molar-refractivity contribution in [1.29, 1.82) is 0 Å². The largest absolute Gasteiger partial charge is 0.493 e. The SMILES string of the molecule is CCCCCOc1c(N)cc(C2OCCCO2)cc1OC. The highest BCUT2D eigenvalue weighted by Crippen LogP contribution is 2.38. The Morgan fingerprint density at radius 2 is 2.00 bits per heavy atom. The normalized spacial score (nSPS) is 15.9. The van der Waals surface area contributed by atoms with Crippen molar-refractivity contribution in [1.82, 2.24) is 0 Å². The molecule has 0 atom stereocenters. The Labute approximate surface area is 126 Å². The topological polar surface area (TPSA) is 62.9 Å². The van der Waals surface area contributed by atoms with Gasteiger partial charge in [0.15, 0.2) is 17.8 Å². The standard InChI is InChI=1S/C16H25NO4/c1-3-4-5-7-19-15-13(17)10-12(11-14(15)18-2)16-20-8-6-9-21-16/h10-11,16H,3-9,17H2,1-2H3. The van der Waals surface area contributed by atoms with Gasteiger partial charge in [0.25, 0.3) is 0 Å². The molecule has 2 rings (SSSR count). The van der Waals surface area contributed by atoms with Crippen LogP contribution in [0.1, 0.15) is 44.5 Å². The summed E-state index contributed by atoms with van der Waals surface area (Å²) in [4.78, 5) is 0. The maximum atomic E-state index is 6.10. The Balaban J connectivity index is 2.10. The first-order chi connectivity index (χ1) is 10.3. The smallest absolute Gasteiger partial charge is 0.184 e. The number of ether oxygens (including phenoxy) is 4. The quantitative estimate of drug-likeness (QED) is 0.618. The van der Waals surface area contributed by atoms with Gasteiger partial charge in [0.2, 0.25) is 0 Å². The lowest BCUT2D eigenvalue weighted by Gasteiger charge is -2.24. The van der Waals surface area contributed by atoms with Gasteiger partial charge in [-0.2, -0.15) is 0 Å². The van der Waals surface area contributed by atoms with E-state index in [1.807, 2.05) is 12.1 Å². The molecule has 1 saturated heterocycles. The average Bonchev–Trinajstić information content (AvgIpc) is 2.53. The highest BCUT2D eigenvalue weighted by atomic mass is 16.7. The minimum absolute atomic E-state index is 0.371. The Morgan fingerprint density at radius 3 is 2.67 bits per heavy atom. The second kappa shape index (κ2) is 8.10. The van der Waals surface area contributed by atoms with Crippen molar-refractivity contribution >= 4 is 5.69 Å². The van der Waals surface area contributed by atoms with Crippen LogP contribution in [0.15, 0.2) is 12.1 Å². The fraction of sp³-hybridized carbons (Fsp3) is 0.625. The molecule has 1 aliphatic rings. The zero-order chi connectivity index (χ0) is 15.1. The Kier molecular flexibility index (Phi) is 6.14. The molecule has 5 nitrogen and oxygen atoms in total. The summed E-state index contributed by atoms with van der Waals surface area (Å²) in [7, 11) is 1.61. The van der Waals surface area contributed by atoms with E-state index in [2.05, 4.69) is 6.92 Å². The van der Waals surface area contributed by atoms with E-state index in [-0.39, 0.29) is 6.29 Å². The number of rotatable bonds is 7. The van der Waals surface area contributed by atoms with Crippen molar-refractivity contribution in [2.45, 2.75) is 38.9 Å². The predicted octanol–water partition coefficient (Wildman–Crippen LogP) is 3.28. The molecule has 0 amide bonds. The lowest BCUT2D eigenvalue weighted by Crippen LogP contribution is -2.18. The van der Waals surface area contributed by atoms with Crippen LogP contribution in [0.4, 0.5) is 5.69 Å². The molecule has 0 spiro atoms. The number of nitrogens with two attached hydrogens (primary N) is 1. The molecular formula is C16H25NO4. The lowest BCUT2D eigenvalue weighted by molar-refractivity contribution is -0.183. The summed E-state index contributed by atoms with van der Waals surface area (Å²) >= 11 is 0. The number of benzene rings is 1. The van der Waals surface area contributed by atoms with Gasteiger partial charge in [-0.25, -0.2) is 0 Å². The second-order valence-corrected chi connectivity index (χ2v) is 5.12. The van der Waals surface area contributed by atoms with Gasteiger partial charge in [0.05, 0.1) is 32.6 Å². The van der Waals surface area contributed by atoms with Gasteiger partial charge in [-0.3, -0.25) is 0 Å². The Hall–Kier alpha value is -1.46. The van der Waals surface area contributed by atoms with E-state index in [0.717, 1.165) is 31.2 Å². The van der Waals surface area contributed by atoms with Crippen molar-refractivity contribution in [3.63, 3.8) is 0 Å². The summed E-state index contributed by atoms with van der Waals surface area (Å²) < 4.78 is 22.4. The van der Waals surface area contributed by atoms with Gasteiger partial charge in [-0.05, 0) is 25.0 Å². The summed E-state index contributed by atoms with van der Waals surface area (Å²) in [6, 6.07) is 3.72. The molecule has 2 N–H and O–H groups in total. The molecule has 0 unspecified atom stereocenters. The van der Waals surface area contributed by atoms with E-state index < -0.39 is 0 Å². The van der Waals surface area contributed by atoms with Gasteiger partial charge < -0.3 is 24.7 Å². The van der Waals surface area contributed by atoms with Gasteiger partial charge in [-0.1, -0.05) is 19.8 Å². The summed E-state index contributed by atoms with van der Waals surface area (Å²) in [5.74, 6) is 1.23. The summed E-state index contributed by atoms with van der Waals surface area (Å²) in [6.07, 6.45) is 3.86. The maximum absolute atomic E-state index is 6.10. The molecule has 0 bridgehead atoms. The maximum Gasteiger partial charge on any atom is 0.184 e. The van der Waals surface area contributed by atoms with Crippen LogP contribution in [-0.2, 0) is 9.47 Å². The summed E-state index contributed by atoms with van der Waals surface area (Å²) in [5.41, 5.74) is 7.52. The van der Waals surface area contributed by atoms with Crippen LogP contribution in [0.3, 0.4) is 0 Å². The van der Waals surface area contributed by atoms with Gasteiger partial charge in [0, 0.05) is 5.56 Å². The third-order valence-electron chi connectivity index (χ3n) is 3.42. The summed E-state index contributed by atoms with van der Waals surface area (Å²) in [6.45, 7) is 4.20. The molecule has 21 heavy (non-hydrogen) atoms. The van der Waals surface area contributed by atoms with Crippen LogP contribution in [0.25, 0.3) is 0 Å². The molecule has 1 fully saturated rings. The molecule has 5 heteroatoms. The van der Waals surface area contributed by atoms with Crippen molar-refractivity contribution in [2.24, 2.45) is 0 Å². The van der Waals surface area contributed by atoms with E-state index in [9.17, 15) is 0 Å². The number of nitrogen functional groups attached to an aromatic ring is 1. The molecule has 0 radical (unpaired) electrons. The number of methoxy groups -OCH3 is 1. The molecule has 118 valence electrons. The van der Waals surface area contributed by atoms with Crippen LogP contribution in [0.5, 0.6) is 11.5 Å². The highest BCUT2D eigenvalue weighted by molar-refractivity contribution is 5.62.